The predicted octanol–water partition coefficient (Wildman–Crippen LogP) is 4.64. The molecule has 0 spiro atoms. The zero-order valence-electron chi connectivity index (χ0n) is 20.2. The standard InChI is InChI=1S/C27H25FN4O4S/c1-15-24(17-6-8-21(9-7-17)35-13-20(34)12-33)22(11-29)27(32-25(15)30)37-14-23-16(2)36-26(31-23)18-4-3-5-19(28)10-18/h3-10,20,33-34H,12-14H2,1-2H3,(H2,30,32)/t20-/m0/s1. The Balaban J connectivity index is 1.60. The van der Waals surface area contributed by atoms with E-state index in [1.54, 1.807) is 43.3 Å². The van der Waals surface area contributed by atoms with Crippen LogP contribution >= 0.6 is 11.8 Å². The molecular weight excluding hydrogens is 495 g/mol. The van der Waals surface area contributed by atoms with Crippen LogP contribution in [0.5, 0.6) is 5.75 Å². The van der Waals surface area contributed by atoms with Gasteiger partial charge in [-0.2, -0.15) is 5.26 Å². The molecule has 0 saturated carbocycles. The summed E-state index contributed by atoms with van der Waals surface area (Å²) in [5.41, 5.74) is 9.89. The molecule has 0 bridgehead atoms. The van der Waals surface area contributed by atoms with Gasteiger partial charge in [0, 0.05) is 22.4 Å². The molecule has 10 heteroatoms. The first kappa shape index (κ1) is 26.2. The van der Waals surface area contributed by atoms with Crippen molar-refractivity contribution < 1.29 is 23.8 Å². The molecule has 4 rings (SSSR count). The van der Waals surface area contributed by atoms with Gasteiger partial charge in [-0.25, -0.2) is 14.4 Å². The SMILES string of the molecule is Cc1oc(-c2cccc(F)c2)nc1CSc1nc(N)c(C)c(-c2ccc(OC[C@@H](O)CO)cc2)c1C#N. The lowest BCUT2D eigenvalue weighted by Crippen LogP contribution is -2.21. The first-order valence-electron chi connectivity index (χ1n) is 11.4. The maximum Gasteiger partial charge on any atom is 0.226 e. The first-order chi connectivity index (χ1) is 17.8. The van der Waals surface area contributed by atoms with Crippen LogP contribution in [0.15, 0.2) is 58.0 Å². The van der Waals surface area contributed by atoms with Gasteiger partial charge >= 0.3 is 0 Å². The van der Waals surface area contributed by atoms with Gasteiger partial charge in [0.25, 0.3) is 0 Å². The monoisotopic (exact) mass is 520 g/mol. The van der Waals surface area contributed by atoms with Crippen molar-refractivity contribution in [3.63, 3.8) is 0 Å². The van der Waals surface area contributed by atoms with Crippen LogP contribution in [0, 0.1) is 31.0 Å². The van der Waals surface area contributed by atoms with Crippen LogP contribution in [-0.2, 0) is 5.75 Å². The maximum atomic E-state index is 13.6. The third-order valence-corrected chi connectivity index (χ3v) is 6.65. The van der Waals surface area contributed by atoms with Gasteiger partial charge in [0.2, 0.25) is 5.89 Å². The predicted molar refractivity (Wildman–Crippen MR) is 138 cm³/mol. The zero-order valence-corrected chi connectivity index (χ0v) is 21.1. The summed E-state index contributed by atoms with van der Waals surface area (Å²) in [6.07, 6.45) is -0.968. The molecule has 0 aliphatic carbocycles. The topological polar surface area (TPSA) is 138 Å². The van der Waals surface area contributed by atoms with Gasteiger partial charge in [0.15, 0.2) is 0 Å². The van der Waals surface area contributed by atoms with Gasteiger partial charge in [-0.15, -0.1) is 0 Å². The average Bonchev–Trinajstić information content (AvgIpc) is 3.28. The fourth-order valence-corrected chi connectivity index (χ4v) is 4.64. The maximum absolute atomic E-state index is 13.6. The van der Waals surface area contributed by atoms with E-state index in [0.29, 0.717) is 61.9 Å². The summed E-state index contributed by atoms with van der Waals surface area (Å²) in [6.45, 7) is 3.16. The van der Waals surface area contributed by atoms with Crippen molar-refractivity contribution >= 4 is 17.6 Å². The highest BCUT2D eigenvalue weighted by Crippen LogP contribution is 2.37. The number of anilines is 1. The van der Waals surface area contributed by atoms with Gasteiger partial charge in [-0.05, 0) is 49.7 Å². The molecule has 0 radical (unpaired) electrons. The molecule has 0 amide bonds. The minimum absolute atomic E-state index is 0.0380. The molecular formula is C27H25FN4O4S. The zero-order chi connectivity index (χ0) is 26.5. The fraction of sp³-hybridized carbons (Fsp3) is 0.222. The quantitative estimate of drug-likeness (QED) is 0.269. The van der Waals surface area contributed by atoms with Crippen LogP contribution in [0.4, 0.5) is 10.2 Å². The van der Waals surface area contributed by atoms with E-state index in [1.165, 1.54) is 23.9 Å². The van der Waals surface area contributed by atoms with Crippen LogP contribution in [-0.4, -0.2) is 39.5 Å². The highest BCUT2D eigenvalue weighted by atomic mass is 32.2. The highest BCUT2D eigenvalue weighted by Gasteiger charge is 2.20. The Labute approximate surface area is 217 Å². The number of hydrogen-bond donors (Lipinski definition) is 3. The Morgan fingerprint density at radius 2 is 1.92 bits per heavy atom. The number of benzene rings is 2. The van der Waals surface area contributed by atoms with Gasteiger partial charge in [0.1, 0.15) is 47.0 Å². The lowest BCUT2D eigenvalue weighted by atomic mass is 9.97. The number of halogens is 1. The second kappa shape index (κ2) is 11.4. The molecule has 0 unspecified atom stereocenters. The first-order valence-corrected chi connectivity index (χ1v) is 12.4. The Hall–Kier alpha value is -3.91. The molecule has 0 fully saturated rings. The summed E-state index contributed by atoms with van der Waals surface area (Å²) < 4.78 is 24.8. The number of nitrogens with two attached hydrogens (primary N) is 1. The minimum atomic E-state index is -0.968. The number of oxazole rings is 1. The molecule has 2 heterocycles. The summed E-state index contributed by atoms with van der Waals surface area (Å²) in [6, 6.07) is 15.3. The number of aryl methyl sites for hydroxylation is 1. The van der Waals surface area contributed by atoms with Crippen LogP contribution in [0.25, 0.3) is 22.6 Å². The number of thioether (sulfide) groups is 1. The molecule has 2 aromatic heterocycles. The molecule has 1 atom stereocenters. The molecule has 37 heavy (non-hydrogen) atoms. The van der Waals surface area contributed by atoms with E-state index in [4.69, 9.17) is 20.0 Å². The van der Waals surface area contributed by atoms with Gasteiger partial charge in [0.05, 0.1) is 17.9 Å². The molecule has 0 aliphatic rings. The van der Waals surface area contributed by atoms with Gasteiger partial charge < -0.3 is 25.1 Å². The Kier molecular flexibility index (Phi) is 8.08. The molecule has 2 aromatic carbocycles. The van der Waals surface area contributed by atoms with E-state index in [0.717, 1.165) is 5.56 Å². The molecule has 190 valence electrons. The van der Waals surface area contributed by atoms with Gasteiger partial charge in [-0.1, -0.05) is 30.0 Å². The molecule has 4 N–H and O–H groups in total. The molecule has 4 aromatic rings. The van der Waals surface area contributed by atoms with E-state index in [9.17, 15) is 14.8 Å². The lowest BCUT2D eigenvalue weighted by molar-refractivity contribution is 0.0536. The number of aliphatic hydroxyl groups excluding tert-OH is 2. The second-order valence-electron chi connectivity index (χ2n) is 8.28. The minimum Gasteiger partial charge on any atom is -0.491 e. The number of rotatable bonds is 9. The number of hydrogen-bond acceptors (Lipinski definition) is 9. The van der Waals surface area contributed by atoms with Crippen molar-refractivity contribution in [1.82, 2.24) is 9.97 Å². The second-order valence-corrected chi connectivity index (χ2v) is 9.25. The van der Waals surface area contributed by atoms with Crippen LogP contribution in [0.1, 0.15) is 22.6 Å². The Morgan fingerprint density at radius 1 is 1.16 bits per heavy atom. The third-order valence-electron chi connectivity index (χ3n) is 5.66. The molecule has 0 saturated heterocycles. The summed E-state index contributed by atoms with van der Waals surface area (Å²) >= 11 is 1.31. The smallest absolute Gasteiger partial charge is 0.226 e. The van der Waals surface area contributed by atoms with Crippen LogP contribution in [0.2, 0.25) is 0 Å². The summed E-state index contributed by atoms with van der Waals surface area (Å²) in [7, 11) is 0. The van der Waals surface area contributed by atoms with Crippen molar-refractivity contribution in [3.05, 3.63) is 76.9 Å². The van der Waals surface area contributed by atoms with E-state index in [2.05, 4.69) is 16.0 Å². The third kappa shape index (κ3) is 5.91. The van der Waals surface area contributed by atoms with E-state index in [-0.39, 0.29) is 19.0 Å². The fourth-order valence-electron chi connectivity index (χ4n) is 3.65. The van der Waals surface area contributed by atoms with Crippen LogP contribution in [0.3, 0.4) is 0 Å². The summed E-state index contributed by atoms with van der Waals surface area (Å²) in [5.74, 6) is 1.72. The van der Waals surface area contributed by atoms with Crippen LogP contribution < -0.4 is 10.5 Å². The van der Waals surface area contributed by atoms with Gasteiger partial charge in [-0.3, -0.25) is 0 Å². The number of aliphatic hydroxyl groups is 2. The Bertz CT molecular complexity index is 1450. The molecule has 0 aliphatic heterocycles. The van der Waals surface area contributed by atoms with Crippen molar-refractivity contribution in [1.29, 1.82) is 5.26 Å². The number of nitriles is 1. The summed E-state index contributed by atoms with van der Waals surface area (Å²) in [5, 5.41) is 28.9. The van der Waals surface area contributed by atoms with Crippen molar-refractivity contribution in [2.75, 3.05) is 18.9 Å². The van der Waals surface area contributed by atoms with Crippen molar-refractivity contribution in [2.45, 2.75) is 30.7 Å². The lowest BCUT2D eigenvalue weighted by Gasteiger charge is -2.15. The average molecular weight is 521 g/mol. The number of nitrogens with zero attached hydrogens (tertiary/aromatic N) is 3. The number of ether oxygens (including phenoxy) is 1. The largest absolute Gasteiger partial charge is 0.491 e. The Morgan fingerprint density at radius 3 is 2.59 bits per heavy atom. The number of aromatic nitrogens is 2. The number of nitrogen functional groups attached to an aromatic ring is 1. The van der Waals surface area contributed by atoms with E-state index >= 15 is 0 Å². The number of pyridine rings is 1. The van der Waals surface area contributed by atoms with E-state index in [1.807, 2.05) is 6.92 Å². The summed E-state index contributed by atoms with van der Waals surface area (Å²) in [4.78, 5) is 8.98. The van der Waals surface area contributed by atoms with E-state index < -0.39 is 6.10 Å². The van der Waals surface area contributed by atoms with Crippen molar-refractivity contribution in [2.24, 2.45) is 0 Å². The normalized spacial score (nSPS) is 11.8. The van der Waals surface area contributed by atoms with Crippen molar-refractivity contribution in [3.8, 4) is 34.4 Å². The highest BCUT2D eigenvalue weighted by molar-refractivity contribution is 7.98. The molecule has 8 nitrogen and oxygen atoms in total.